The zero-order chi connectivity index (χ0) is 16.6. The summed E-state index contributed by atoms with van der Waals surface area (Å²) in [5.74, 6) is 0.298. The number of amides is 3. The van der Waals surface area contributed by atoms with E-state index in [9.17, 15) is 14.7 Å². The highest BCUT2D eigenvalue weighted by molar-refractivity contribution is 9.10. The van der Waals surface area contributed by atoms with E-state index in [1.165, 1.54) is 12.3 Å². The summed E-state index contributed by atoms with van der Waals surface area (Å²) >= 11 is 3.30. The first kappa shape index (κ1) is 16.0. The van der Waals surface area contributed by atoms with Gasteiger partial charge in [0.05, 0.1) is 6.21 Å². The fourth-order valence-electron chi connectivity index (χ4n) is 3.05. The van der Waals surface area contributed by atoms with Crippen molar-refractivity contribution >= 4 is 34.1 Å². The van der Waals surface area contributed by atoms with Gasteiger partial charge < -0.3 is 10.4 Å². The Kier molecular flexibility index (Phi) is 4.14. The molecular formula is C16H18BrN3O3. The molecule has 1 aliphatic heterocycles. The fourth-order valence-corrected chi connectivity index (χ4v) is 3.43. The van der Waals surface area contributed by atoms with Gasteiger partial charge in [0.1, 0.15) is 11.3 Å². The summed E-state index contributed by atoms with van der Waals surface area (Å²) in [5, 5.41) is 17.5. The Balaban J connectivity index is 1.81. The Morgan fingerprint density at radius 1 is 1.39 bits per heavy atom. The third kappa shape index (κ3) is 2.97. The molecule has 1 aromatic rings. The van der Waals surface area contributed by atoms with Gasteiger partial charge in [-0.2, -0.15) is 5.10 Å². The Morgan fingerprint density at radius 2 is 2.09 bits per heavy atom. The molecule has 3 rings (SSSR count). The lowest BCUT2D eigenvalue weighted by atomic mass is 9.77. The number of nitrogens with one attached hydrogen (secondary N) is 1. The lowest BCUT2D eigenvalue weighted by molar-refractivity contribution is -0.132. The van der Waals surface area contributed by atoms with Crippen molar-refractivity contribution < 1.29 is 14.7 Å². The lowest BCUT2D eigenvalue weighted by Gasteiger charge is -2.33. The summed E-state index contributed by atoms with van der Waals surface area (Å²) < 4.78 is 0.770. The highest BCUT2D eigenvalue weighted by Crippen LogP contribution is 2.36. The van der Waals surface area contributed by atoms with Crippen LogP contribution in [0.3, 0.4) is 0 Å². The Morgan fingerprint density at radius 3 is 2.78 bits per heavy atom. The molecular weight excluding hydrogens is 362 g/mol. The average Bonchev–Trinajstić information content (AvgIpc) is 2.75. The Bertz CT molecular complexity index is 681. The molecule has 0 unspecified atom stereocenters. The monoisotopic (exact) mass is 379 g/mol. The van der Waals surface area contributed by atoms with Crippen LogP contribution in [-0.4, -0.2) is 33.8 Å². The van der Waals surface area contributed by atoms with Gasteiger partial charge in [0, 0.05) is 10.0 Å². The molecule has 1 saturated heterocycles. The molecule has 1 aliphatic carbocycles. The van der Waals surface area contributed by atoms with Crippen LogP contribution in [0, 0.1) is 5.92 Å². The average molecular weight is 380 g/mol. The summed E-state index contributed by atoms with van der Waals surface area (Å²) in [5.41, 5.74) is -0.376. The number of phenols is 1. The van der Waals surface area contributed by atoms with Crippen molar-refractivity contribution in [2.24, 2.45) is 11.0 Å². The molecule has 0 radical (unpaired) electrons. The minimum atomic E-state index is -0.805. The standard InChI is InChI=1S/C16H18BrN3O3/c1-10-4-6-16(7-5-10)14(22)20(15(23)19-16)18-9-11-8-12(17)2-3-13(11)21/h2-3,8-10,21H,4-7H2,1H3,(H,19,23)/b18-9+. The summed E-state index contributed by atoms with van der Waals surface area (Å²) in [4.78, 5) is 24.8. The van der Waals surface area contributed by atoms with Gasteiger partial charge in [-0.1, -0.05) is 22.9 Å². The topological polar surface area (TPSA) is 82.0 Å². The maximum absolute atomic E-state index is 12.6. The quantitative estimate of drug-likeness (QED) is 0.611. The van der Waals surface area contributed by atoms with E-state index in [1.807, 2.05) is 0 Å². The molecule has 1 spiro atoms. The number of imide groups is 1. The summed E-state index contributed by atoms with van der Waals surface area (Å²) in [6.45, 7) is 2.15. The third-order valence-corrected chi connectivity index (χ3v) is 5.06. The SMILES string of the molecule is CC1CCC2(CC1)NC(=O)N(/N=C/c1cc(Br)ccc1O)C2=O. The third-order valence-electron chi connectivity index (χ3n) is 4.57. The number of nitrogens with zero attached hydrogens (tertiary/aromatic N) is 2. The zero-order valence-corrected chi connectivity index (χ0v) is 14.3. The maximum atomic E-state index is 12.6. The molecule has 0 bridgehead atoms. The second-order valence-electron chi connectivity index (χ2n) is 6.26. The molecule has 23 heavy (non-hydrogen) atoms. The number of carbonyl (C=O) groups is 2. The van der Waals surface area contributed by atoms with E-state index >= 15 is 0 Å². The summed E-state index contributed by atoms with van der Waals surface area (Å²) in [6, 6.07) is 4.37. The minimum absolute atomic E-state index is 0.0326. The molecule has 0 aromatic heterocycles. The van der Waals surface area contributed by atoms with Gasteiger partial charge in [0.15, 0.2) is 0 Å². The normalized spacial score (nSPS) is 27.9. The lowest BCUT2D eigenvalue weighted by Crippen LogP contribution is -2.49. The van der Waals surface area contributed by atoms with Crippen molar-refractivity contribution in [3.8, 4) is 5.75 Å². The molecule has 1 aromatic carbocycles. The highest BCUT2D eigenvalue weighted by Gasteiger charge is 2.52. The van der Waals surface area contributed by atoms with E-state index in [1.54, 1.807) is 12.1 Å². The van der Waals surface area contributed by atoms with Crippen molar-refractivity contribution in [2.75, 3.05) is 0 Å². The highest BCUT2D eigenvalue weighted by atomic mass is 79.9. The molecule has 2 fully saturated rings. The first-order valence-electron chi connectivity index (χ1n) is 7.60. The maximum Gasteiger partial charge on any atom is 0.346 e. The fraction of sp³-hybridized carbons (Fsp3) is 0.438. The van der Waals surface area contributed by atoms with Crippen LogP contribution in [0.2, 0.25) is 0 Å². The second kappa shape index (κ2) is 5.96. The molecule has 0 atom stereocenters. The number of hydrogen-bond acceptors (Lipinski definition) is 4. The molecule has 2 N–H and O–H groups in total. The number of carbonyl (C=O) groups excluding carboxylic acids is 2. The molecule has 3 amide bonds. The number of urea groups is 1. The van der Waals surface area contributed by atoms with E-state index in [2.05, 4.69) is 33.3 Å². The Hall–Kier alpha value is -1.89. The second-order valence-corrected chi connectivity index (χ2v) is 7.18. The van der Waals surface area contributed by atoms with E-state index in [0.717, 1.165) is 22.3 Å². The van der Waals surface area contributed by atoms with E-state index < -0.39 is 11.6 Å². The van der Waals surface area contributed by atoms with Crippen molar-refractivity contribution in [2.45, 2.75) is 38.1 Å². The smallest absolute Gasteiger partial charge is 0.346 e. The van der Waals surface area contributed by atoms with Crippen molar-refractivity contribution in [3.63, 3.8) is 0 Å². The zero-order valence-electron chi connectivity index (χ0n) is 12.8. The van der Waals surface area contributed by atoms with Crippen LogP contribution in [0.4, 0.5) is 4.79 Å². The van der Waals surface area contributed by atoms with Gasteiger partial charge in [0.25, 0.3) is 5.91 Å². The van der Waals surface area contributed by atoms with Crippen LogP contribution in [-0.2, 0) is 4.79 Å². The van der Waals surface area contributed by atoms with E-state index in [4.69, 9.17) is 0 Å². The largest absolute Gasteiger partial charge is 0.507 e. The van der Waals surface area contributed by atoms with Gasteiger partial charge in [-0.15, -0.1) is 5.01 Å². The van der Waals surface area contributed by atoms with E-state index in [0.29, 0.717) is 24.3 Å². The predicted octanol–water partition coefficient (Wildman–Crippen LogP) is 2.99. The van der Waals surface area contributed by atoms with Gasteiger partial charge in [-0.3, -0.25) is 4.79 Å². The number of phenolic OH excluding ortho intramolecular Hbond substituents is 1. The molecule has 7 heteroatoms. The number of hydrogen-bond donors (Lipinski definition) is 2. The Labute approximate surface area is 142 Å². The van der Waals surface area contributed by atoms with Crippen LogP contribution >= 0.6 is 15.9 Å². The van der Waals surface area contributed by atoms with Crippen LogP contribution in [0.1, 0.15) is 38.2 Å². The van der Waals surface area contributed by atoms with E-state index in [-0.39, 0.29) is 11.7 Å². The molecule has 2 aliphatic rings. The van der Waals surface area contributed by atoms with Gasteiger partial charge in [-0.05, 0) is 49.8 Å². The van der Waals surface area contributed by atoms with Crippen LogP contribution in [0.25, 0.3) is 0 Å². The molecule has 122 valence electrons. The first-order valence-corrected chi connectivity index (χ1v) is 8.40. The van der Waals surface area contributed by atoms with Gasteiger partial charge in [0.2, 0.25) is 0 Å². The number of halogens is 1. The van der Waals surface area contributed by atoms with Gasteiger partial charge in [-0.25, -0.2) is 4.79 Å². The van der Waals surface area contributed by atoms with Gasteiger partial charge >= 0.3 is 6.03 Å². The van der Waals surface area contributed by atoms with Crippen molar-refractivity contribution in [3.05, 3.63) is 28.2 Å². The minimum Gasteiger partial charge on any atom is -0.507 e. The summed E-state index contributed by atoms with van der Waals surface area (Å²) in [7, 11) is 0. The number of rotatable bonds is 2. The van der Waals surface area contributed by atoms with Crippen molar-refractivity contribution in [1.82, 2.24) is 10.3 Å². The summed E-state index contributed by atoms with van der Waals surface area (Å²) in [6.07, 6.45) is 4.44. The molecule has 6 nitrogen and oxygen atoms in total. The van der Waals surface area contributed by atoms with Crippen LogP contribution < -0.4 is 5.32 Å². The number of benzene rings is 1. The number of aromatic hydroxyl groups is 1. The van der Waals surface area contributed by atoms with Crippen LogP contribution in [0.5, 0.6) is 5.75 Å². The number of hydrazone groups is 1. The molecule has 1 heterocycles. The van der Waals surface area contributed by atoms with Crippen molar-refractivity contribution in [1.29, 1.82) is 0 Å². The first-order chi connectivity index (χ1) is 10.9. The van der Waals surface area contributed by atoms with Crippen LogP contribution in [0.15, 0.2) is 27.8 Å². The predicted molar refractivity (Wildman–Crippen MR) is 89.1 cm³/mol. The molecule has 1 saturated carbocycles.